The molecule has 0 radical (unpaired) electrons. The van der Waals surface area contributed by atoms with Gasteiger partial charge in [-0.1, -0.05) is 343 Å². The van der Waals surface area contributed by atoms with Crippen molar-refractivity contribution in [3.8, 4) is 0 Å². The van der Waals surface area contributed by atoms with Crippen LogP contribution >= 0.6 is 7.82 Å². The van der Waals surface area contributed by atoms with Crippen molar-refractivity contribution >= 4 is 19.8 Å². The van der Waals surface area contributed by atoms with Gasteiger partial charge in [-0.15, -0.1) is 0 Å². The van der Waals surface area contributed by atoms with Gasteiger partial charge in [-0.25, -0.2) is 0 Å². The molecule has 524 valence electrons. The maximum atomic E-state index is 12.9. The zero-order valence-corrected chi connectivity index (χ0v) is 60.7. The molecule has 9 nitrogen and oxygen atoms in total. The molecule has 10 heteroatoms. The van der Waals surface area contributed by atoms with Gasteiger partial charge in [0.1, 0.15) is 19.8 Å². The number of quaternary nitrogens is 1. The van der Waals surface area contributed by atoms with Gasteiger partial charge in [0.2, 0.25) is 0 Å². The molecule has 0 rings (SSSR count). The van der Waals surface area contributed by atoms with E-state index in [1.54, 1.807) is 0 Å². The first kappa shape index (κ1) is 87.2. The Bertz CT molecular complexity index is 1800. The molecule has 2 unspecified atom stereocenters. The molecule has 90 heavy (non-hydrogen) atoms. The molecule has 0 N–H and O–H groups in total. The summed E-state index contributed by atoms with van der Waals surface area (Å²) in [4.78, 5) is 38.1. The minimum absolute atomic E-state index is 0.0363. The third kappa shape index (κ3) is 74.2. The molecule has 0 aromatic rings. The average molecular weight is 1280 g/mol. The number of rotatable bonds is 71. The Morgan fingerprint density at radius 3 is 0.956 bits per heavy atom. The molecule has 0 saturated carbocycles. The molecule has 0 aliphatic rings. The molecule has 0 saturated heterocycles. The highest BCUT2D eigenvalue weighted by Gasteiger charge is 2.22. The van der Waals surface area contributed by atoms with Crippen LogP contribution in [0.1, 0.15) is 361 Å². The number of phosphoric acid groups is 1. The first-order valence-corrected chi connectivity index (χ1v) is 39.8. The molecule has 0 amide bonds. The number of carbonyl (C=O) groups is 2. The highest BCUT2D eigenvalue weighted by molar-refractivity contribution is 7.45. The molecule has 0 aromatic carbocycles. The highest BCUT2D eigenvalue weighted by Crippen LogP contribution is 2.38. The van der Waals surface area contributed by atoms with Gasteiger partial charge < -0.3 is 27.9 Å². The Hall–Kier alpha value is -2.81. The fraction of sp³-hybridized carbons (Fsp3) is 0.800. The second-order valence-corrected chi connectivity index (χ2v) is 28.4. The minimum atomic E-state index is -4.65. The van der Waals surface area contributed by atoms with Gasteiger partial charge >= 0.3 is 11.9 Å². The van der Waals surface area contributed by atoms with Crippen molar-refractivity contribution in [3.05, 3.63) is 85.1 Å². The summed E-state index contributed by atoms with van der Waals surface area (Å²) >= 11 is 0. The van der Waals surface area contributed by atoms with Crippen LogP contribution in [0, 0.1) is 0 Å². The summed E-state index contributed by atoms with van der Waals surface area (Å²) in [5, 5.41) is 0. The summed E-state index contributed by atoms with van der Waals surface area (Å²) in [5.74, 6) is -0.840. The number of likely N-dealkylation sites (N-methyl/N-ethyl adjacent to an activating group) is 1. The van der Waals surface area contributed by atoms with Crippen LogP contribution in [0.4, 0.5) is 0 Å². The van der Waals surface area contributed by atoms with Gasteiger partial charge in [0.25, 0.3) is 7.82 Å². The second-order valence-electron chi connectivity index (χ2n) is 27.0. The van der Waals surface area contributed by atoms with E-state index in [-0.39, 0.29) is 32.0 Å². The fourth-order valence-corrected chi connectivity index (χ4v) is 11.8. The SMILES string of the molecule is CC/C=C\C/C=C\C/C=C\C/C=C\C/C=C\C/C=C\CCCCCCCCC(=O)OC(COC(=O)CCCCCCCCCCCCCCCCCCCCCCCCCCCCCCC/C=C\CCCCCCCCCC)COP(=O)([O-])OCC[N+](C)(C)C. The third-order valence-electron chi connectivity index (χ3n) is 16.9. The molecule has 0 aliphatic carbocycles. The Labute approximate surface area is 558 Å². The Kier molecular flexibility index (Phi) is 68.3. The molecule has 0 fully saturated rings. The highest BCUT2D eigenvalue weighted by atomic mass is 31.2. The molecular weight excluding hydrogens is 1130 g/mol. The van der Waals surface area contributed by atoms with Crippen molar-refractivity contribution in [1.82, 2.24) is 0 Å². The molecule has 2 atom stereocenters. The van der Waals surface area contributed by atoms with Crippen molar-refractivity contribution in [2.24, 2.45) is 0 Å². The van der Waals surface area contributed by atoms with Gasteiger partial charge in [0.05, 0.1) is 27.7 Å². The number of nitrogens with zero attached hydrogens (tertiary/aromatic N) is 1. The molecule has 0 bridgehead atoms. The van der Waals surface area contributed by atoms with E-state index >= 15 is 0 Å². The number of hydrogen-bond donors (Lipinski definition) is 0. The molecular formula is C80H146NO8P. The standard InChI is InChI=1S/C80H146NO8P/c1-6-8-10-12-14-16-18-20-22-24-26-28-30-32-33-34-35-36-37-38-39-40-41-42-43-44-45-46-47-49-50-52-54-56-58-60-62-64-66-68-70-72-79(82)86-76-78(77-88-90(84,85)87-75-74-81(3,4)5)89-80(83)73-71-69-67-65-63-61-59-57-55-53-51-48-31-29-27-25-23-21-19-17-15-13-11-9-7-2/h9,11,15,17,21,23-24,26-27,29,48,51,55,57,78H,6-8,10,12-14,16,18-20,22,25,28,30-47,49-50,52-54,56,58-77H2,1-5H3/b11-9-,17-15-,23-21-,26-24-,29-27-,51-48-,57-55-. The van der Waals surface area contributed by atoms with Crippen LogP contribution in [0.15, 0.2) is 85.1 Å². The zero-order chi connectivity index (χ0) is 65.5. The third-order valence-corrected chi connectivity index (χ3v) is 17.9. The maximum Gasteiger partial charge on any atom is 0.306 e. The summed E-state index contributed by atoms with van der Waals surface area (Å²) in [6, 6.07) is 0. The van der Waals surface area contributed by atoms with Crippen LogP contribution in [-0.2, 0) is 32.7 Å². The number of phosphoric ester groups is 1. The lowest BCUT2D eigenvalue weighted by Gasteiger charge is -2.28. The van der Waals surface area contributed by atoms with Gasteiger partial charge in [-0.2, -0.15) is 0 Å². The molecule has 0 spiro atoms. The van der Waals surface area contributed by atoms with E-state index in [0.29, 0.717) is 17.4 Å². The number of esters is 2. The topological polar surface area (TPSA) is 111 Å². The van der Waals surface area contributed by atoms with Crippen molar-refractivity contribution in [2.45, 2.75) is 367 Å². The van der Waals surface area contributed by atoms with Crippen molar-refractivity contribution in [3.63, 3.8) is 0 Å². The quantitative estimate of drug-likeness (QED) is 0.0195. The van der Waals surface area contributed by atoms with E-state index in [1.165, 1.54) is 231 Å². The summed E-state index contributed by atoms with van der Waals surface area (Å²) in [5.41, 5.74) is 0. The lowest BCUT2D eigenvalue weighted by Crippen LogP contribution is -2.37. The van der Waals surface area contributed by atoms with Crippen LogP contribution in [0.2, 0.25) is 0 Å². The van der Waals surface area contributed by atoms with Crippen molar-refractivity contribution in [2.75, 3.05) is 47.5 Å². The Morgan fingerprint density at radius 1 is 0.356 bits per heavy atom. The van der Waals surface area contributed by atoms with Gasteiger partial charge in [0.15, 0.2) is 6.10 Å². The van der Waals surface area contributed by atoms with Crippen LogP contribution in [0.5, 0.6) is 0 Å². The smallest absolute Gasteiger partial charge is 0.306 e. The predicted octanol–water partition coefficient (Wildman–Crippen LogP) is 24.6. The first-order chi connectivity index (χ1) is 44.0. The van der Waals surface area contributed by atoms with Crippen molar-refractivity contribution in [1.29, 1.82) is 0 Å². The van der Waals surface area contributed by atoms with Crippen LogP contribution in [0.25, 0.3) is 0 Å². The van der Waals surface area contributed by atoms with Crippen molar-refractivity contribution < 1.29 is 42.1 Å². The van der Waals surface area contributed by atoms with E-state index in [2.05, 4.69) is 98.9 Å². The average Bonchev–Trinajstić information content (AvgIpc) is 3.58. The van der Waals surface area contributed by atoms with E-state index in [1.807, 2.05) is 21.1 Å². The number of carbonyl (C=O) groups excluding carboxylic acids is 2. The molecule has 0 heterocycles. The summed E-state index contributed by atoms with van der Waals surface area (Å²) < 4.78 is 34.3. The molecule has 0 aromatic heterocycles. The van der Waals surface area contributed by atoms with Gasteiger partial charge in [-0.3, -0.25) is 14.2 Å². The lowest BCUT2D eigenvalue weighted by atomic mass is 10.0. The van der Waals surface area contributed by atoms with E-state index < -0.39 is 26.5 Å². The van der Waals surface area contributed by atoms with E-state index in [0.717, 1.165) is 96.3 Å². The van der Waals surface area contributed by atoms with Crippen LogP contribution < -0.4 is 4.89 Å². The first-order valence-electron chi connectivity index (χ1n) is 38.3. The number of hydrogen-bond acceptors (Lipinski definition) is 8. The number of unbranched alkanes of at least 4 members (excludes halogenated alkanes) is 43. The number of allylic oxidation sites excluding steroid dienone is 14. The second kappa shape index (κ2) is 70.5. The van der Waals surface area contributed by atoms with Crippen LogP contribution in [0.3, 0.4) is 0 Å². The van der Waals surface area contributed by atoms with Gasteiger partial charge in [-0.05, 0) is 89.9 Å². The summed E-state index contributed by atoms with van der Waals surface area (Å²) in [6.07, 6.45) is 97.1. The van der Waals surface area contributed by atoms with Crippen LogP contribution in [-0.4, -0.2) is 70.0 Å². The summed E-state index contributed by atoms with van der Waals surface area (Å²) in [7, 11) is 1.16. The van der Waals surface area contributed by atoms with Gasteiger partial charge in [0, 0.05) is 12.8 Å². The van der Waals surface area contributed by atoms with E-state index in [4.69, 9.17) is 18.5 Å². The molecule has 0 aliphatic heterocycles. The normalized spacial score (nSPS) is 13.5. The summed E-state index contributed by atoms with van der Waals surface area (Å²) in [6.45, 7) is 4.15. The van der Waals surface area contributed by atoms with E-state index in [9.17, 15) is 19.0 Å². The largest absolute Gasteiger partial charge is 0.756 e. The minimum Gasteiger partial charge on any atom is -0.756 e. The maximum absolute atomic E-state index is 12.9. The monoisotopic (exact) mass is 1280 g/mol. The lowest BCUT2D eigenvalue weighted by molar-refractivity contribution is -0.870. The predicted molar refractivity (Wildman–Crippen MR) is 388 cm³/mol. The number of ether oxygens (including phenoxy) is 2. The Morgan fingerprint density at radius 2 is 0.633 bits per heavy atom. The fourth-order valence-electron chi connectivity index (χ4n) is 11.1. The zero-order valence-electron chi connectivity index (χ0n) is 59.8. The Balaban J connectivity index is 3.92.